The molecule has 0 aliphatic carbocycles. The number of aliphatic hydroxyl groups excluding tert-OH is 1. The van der Waals surface area contributed by atoms with Crippen LogP contribution in [0.4, 0.5) is 16.4 Å². The molecule has 2 fully saturated rings. The maximum Gasteiger partial charge on any atom is 0.469 e. The lowest BCUT2D eigenvalue weighted by Gasteiger charge is -2.25. The van der Waals surface area contributed by atoms with Gasteiger partial charge in [0.2, 0.25) is 0 Å². The average molecular weight is 883 g/mol. The second kappa shape index (κ2) is 19.2. The van der Waals surface area contributed by atoms with Gasteiger partial charge in [0.25, 0.3) is 0 Å². The molecule has 326 valence electrons. The van der Waals surface area contributed by atoms with E-state index in [-0.39, 0.29) is 61.6 Å². The van der Waals surface area contributed by atoms with E-state index in [1.807, 2.05) is 18.2 Å². The molecule has 2 saturated heterocycles. The predicted molar refractivity (Wildman–Crippen MR) is 205 cm³/mol. The van der Waals surface area contributed by atoms with Crippen LogP contribution in [-0.2, 0) is 48.5 Å². The van der Waals surface area contributed by atoms with Crippen molar-refractivity contribution in [3.05, 3.63) is 71.3 Å². The number of nitrogen functional groups attached to an aromatic ring is 2. The number of rotatable bonds is 18. The zero-order valence-electron chi connectivity index (χ0n) is 31.6. The summed E-state index contributed by atoms with van der Waals surface area (Å²) in [5.74, 6) is -0.978. The second-order valence-corrected chi connectivity index (χ2v) is 17.0. The highest BCUT2D eigenvalue weighted by Gasteiger charge is 2.51. The molecule has 2 aliphatic heterocycles. The SMILES string of the molecule is Nc1ccn([C@H]2C[C@H](P(=O)(O)OCC[C@H]3O[C@@H](n4cnc5c(N)ncnc54)[C@H](O)[C@@H]3OC(=O)[C@@H](N)CCCNC(=O)OCc3ccccc3)[C@@H](COP(=O)(O)O)O2)c(=O)n1. The molecule has 1 unspecified atom stereocenters. The first kappa shape index (κ1) is 44.6. The van der Waals surface area contributed by atoms with Crippen molar-refractivity contribution < 1.29 is 66.5 Å². The van der Waals surface area contributed by atoms with Crippen LogP contribution in [0.3, 0.4) is 0 Å². The molecule has 0 spiro atoms. The lowest BCUT2D eigenvalue weighted by Crippen LogP contribution is -2.42. The first-order chi connectivity index (χ1) is 28.5. The number of imidazole rings is 1. The van der Waals surface area contributed by atoms with Crippen molar-refractivity contribution >= 4 is 50.3 Å². The average Bonchev–Trinajstić information content (AvgIpc) is 3.91. The van der Waals surface area contributed by atoms with E-state index in [4.69, 9.17) is 40.7 Å². The Morgan fingerprint density at radius 1 is 1.02 bits per heavy atom. The normalized spacial score (nSPS) is 24.5. The van der Waals surface area contributed by atoms with E-state index >= 15 is 0 Å². The fourth-order valence-corrected chi connectivity index (χ4v) is 8.52. The number of nitrogens with one attached hydrogen (secondary N) is 1. The minimum atomic E-state index is -5.07. The molecule has 0 radical (unpaired) electrons. The van der Waals surface area contributed by atoms with Gasteiger partial charge < -0.3 is 65.8 Å². The first-order valence-electron chi connectivity index (χ1n) is 18.3. The number of ether oxygens (including phenoxy) is 4. The zero-order valence-corrected chi connectivity index (χ0v) is 33.4. The van der Waals surface area contributed by atoms with Gasteiger partial charge in [-0.3, -0.25) is 23.0 Å². The quantitative estimate of drug-likeness (QED) is 0.0364. The molecule has 25 nitrogen and oxygen atoms in total. The molecule has 3 aromatic heterocycles. The van der Waals surface area contributed by atoms with Crippen molar-refractivity contribution in [1.82, 2.24) is 34.4 Å². The van der Waals surface area contributed by atoms with Crippen LogP contribution < -0.4 is 28.2 Å². The summed E-state index contributed by atoms with van der Waals surface area (Å²) in [7, 11) is -9.86. The van der Waals surface area contributed by atoms with Gasteiger partial charge in [-0.25, -0.2) is 29.1 Å². The number of carbonyl (C=O) groups is 2. The van der Waals surface area contributed by atoms with Crippen LogP contribution in [0.25, 0.3) is 11.2 Å². The number of nitrogens with zero attached hydrogens (tertiary/aromatic N) is 6. The number of phosphoric acid groups is 1. The van der Waals surface area contributed by atoms with E-state index in [2.05, 4.69) is 29.8 Å². The summed E-state index contributed by atoms with van der Waals surface area (Å²) in [6.07, 6.45) is -5.43. The number of amides is 1. The predicted octanol–water partition coefficient (Wildman–Crippen LogP) is -0.191. The van der Waals surface area contributed by atoms with Crippen molar-refractivity contribution in [3.8, 4) is 0 Å². The first-order valence-corrected chi connectivity index (χ1v) is 21.5. The van der Waals surface area contributed by atoms with Crippen LogP contribution in [0.5, 0.6) is 0 Å². The Hall–Kier alpha value is -4.91. The molecular weight excluding hydrogens is 838 g/mol. The van der Waals surface area contributed by atoms with Crippen molar-refractivity contribution in [2.75, 3.05) is 31.2 Å². The van der Waals surface area contributed by atoms with E-state index in [1.165, 1.54) is 29.5 Å². The van der Waals surface area contributed by atoms with Crippen LogP contribution in [-0.4, -0.2) is 117 Å². The van der Waals surface area contributed by atoms with E-state index in [0.717, 1.165) is 10.1 Å². The highest BCUT2D eigenvalue weighted by molar-refractivity contribution is 7.53. The van der Waals surface area contributed by atoms with Gasteiger partial charge in [0.1, 0.15) is 48.7 Å². The highest BCUT2D eigenvalue weighted by atomic mass is 31.2. The van der Waals surface area contributed by atoms with Crippen molar-refractivity contribution in [1.29, 1.82) is 0 Å². The van der Waals surface area contributed by atoms with Gasteiger partial charge >= 0.3 is 33.2 Å². The third kappa shape index (κ3) is 11.1. The fourth-order valence-electron chi connectivity index (χ4n) is 6.60. The summed E-state index contributed by atoms with van der Waals surface area (Å²) < 4.78 is 60.3. The smallest absolute Gasteiger partial charge is 0.455 e. The molecule has 1 aromatic carbocycles. The summed E-state index contributed by atoms with van der Waals surface area (Å²) in [5.41, 5.74) is 16.5. The van der Waals surface area contributed by atoms with Gasteiger partial charge in [-0.05, 0) is 24.5 Å². The summed E-state index contributed by atoms with van der Waals surface area (Å²) in [6, 6.07) is 9.14. The van der Waals surface area contributed by atoms with E-state index in [0.29, 0.717) is 0 Å². The van der Waals surface area contributed by atoms with Crippen LogP contribution >= 0.6 is 15.4 Å². The minimum absolute atomic E-state index is 0.0444. The molecule has 9 atom stereocenters. The number of benzene rings is 1. The molecule has 0 saturated carbocycles. The van der Waals surface area contributed by atoms with Gasteiger partial charge in [0, 0.05) is 25.6 Å². The third-order valence-electron chi connectivity index (χ3n) is 9.57. The number of phosphoric ester groups is 1. The topological polar surface area (TPSA) is 373 Å². The molecule has 4 aromatic rings. The maximum atomic E-state index is 13.8. The molecule has 2 aliphatic rings. The number of aliphatic hydroxyl groups is 1. The molecule has 27 heteroatoms. The van der Waals surface area contributed by atoms with Crippen LogP contribution in [0.2, 0.25) is 0 Å². The third-order valence-corrected chi connectivity index (χ3v) is 12.0. The van der Waals surface area contributed by atoms with E-state index in [9.17, 15) is 43.3 Å². The standard InChI is InChI=1S/C33H44N10O15P2/c34-19(7-4-10-37-33(47)53-14-18-5-2-1-3-6-18)31(45)58-27-20(57-30(26(27)44)43-17-40-25-28(36)38-16-39-29(25)43)9-12-54-59(48,49)22-13-24(42-11-8-23(35)41-32(42)46)56-21(22)15-55-60(50,51)52/h1-3,5-6,8,11,16-17,19-22,24,26-27,30,44H,4,7,9-10,12-15,34H2,(H,37,47)(H,48,49)(H2,35,41,46)(H2,36,38,39)(H2,50,51,52)/t19-,20+,21+,22-,24+,26+,27+,30+/m0/s1. The van der Waals surface area contributed by atoms with Crippen molar-refractivity contribution in [2.45, 2.75) is 80.9 Å². The van der Waals surface area contributed by atoms with E-state index < -0.39 is 95.0 Å². The van der Waals surface area contributed by atoms with Gasteiger partial charge in [0.15, 0.2) is 23.8 Å². The molecule has 1 amide bonds. The number of esters is 1. The van der Waals surface area contributed by atoms with Crippen molar-refractivity contribution in [2.24, 2.45) is 5.73 Å². The second-order valence-electron chi connectivity index (χ2n) is 13.7. The van der Waals surface area contributed by atoms with Gasteiger partial charge in [-0.1, -0.05) is 30.3 Å². The molecule has 0 bridgehead atoms. The number of aromatic nitrogens is 6. The number of fused-ring (bicyclic) bond motifs is 1. The number of nitrogens with two attached hydrogens (primary N) is 3. The van der Waals surface area contributed by atoms with Gasteiger partial charge in [-0.2, -0.15) is 4.98 Å². The number of carbonyl (C=O) groups excluding carboxylic acids is 2. The molecule has 5 heterocycles. The molecule has 60 heavy (non-hydrogen) atoms. The Balaban J connectivity index is 1.11. The van der Waals surface area contributed by atoms with Crippen LogP contribution in [0.1, 0.15) is 43.7 Å². The lowest BCUT2D eigenvalue weighted by atomic mass is 10.1. The van der Waals surface area contributed by atoms with Gasteiger partial charge in [0.05, 0.1) is 31.3 Å². The zero-order chi connectivity index (χ0) is 43.2. The summed E-state index contributed by atoms with van der Waals surface area (Å²) in [5, 5.41) is 14.1. The molecular formula is C33H44N10O15P2. The Morgan fingerprint density at radius 3 is 2.52 bits per heavy atom. The summed E-state index contributed by atoms with van der Waals surface area (Å²) in [4.78, 5) is 83.5. The maximum absolute atomic E-state index is 13.8. The number of hydrogen-bond acceptors (Lipinski definition) is 19. The number of anilines is 2. The van der Waals surface area contributed by atoms with Crippen LogP contribution in [0.15, 0.2) is 60.0 Å². The largest absolute Gasteiger partial charge is 0.469 e. The lowest BCUT2D eigenvalue weighted by molar-refractivity contribution is -0.157. The Morgan fingerprint density at radius 2 is 1.78 bits per heavy atom. The highest BCUT2D eigenvalue weighted by Crippen LogP contribution is 2.56. The molecule has 11 N–H and O–H groups in total. The number of alkyl carbamates (subject to hydrolysis) is 1. The van der Waals surface area contributed by atoms with Crippen LogP contribution in [0, 0.1) is 0 Å². The van der Waals surface area contributed by atoms with E-state index in [1.54, 1.807) is 12.1 Å². The van der Waals surface area contributed by atoms with Crippen molar-refractivity contribution in [3.63, 3.8) is 0 Å². The summed E-state index contributed by atoms with van der Waals surface area (Å²) >= 11 is 0. The fraction of sp³-hybridized carbons (Fsp3) is 0.485. The summed E-state index contributed by atoms with van der Waals surface area (Å²) in [6.45, 7) is -1.22. The number of hydrogen-bond donors (Lipinski definition) is 8. The molecule has 6 rings (SSSR count). The monoisotopic (exact) mass is 882 g/mol. The Labute approximate surface area is 339 Å². The van der Waals surface area contributed by atoms with Gasteiger partial charge in [-0.15, -0.1) is 0 Å². The minimum Gasteiger partial charge on any atom is -0.455 e. The Bertz CT molecular complexity index is 2280. The Kier molecular flexibility index (Phi) is 14.3.